The van der Waals surface area contributed by atoms with E-state index < -0.39 is 0 Å². The van der Waals surface area contributed by atoms with Crippen molar-refractivity contribution in [1.82, 2.24) is 20.2 Å². The molecule has 1 atom stereocenters. The third-order valence-corrected chi connectivity index (χ3v) is 3.23. The number of anilines is 1. The predicted octanol–water partition coefficient (Wildman–Crippen LogP) is 2.73. The van der Waals surface area contributed by atoms with Crippen molar-refractivity contribution in [3.05, 3.63) is 30.3 Å². The zero-order chi connectivity index (χ0) is 13.7. The van der Waals surface area contributed by atoms with E-state index in [2.05, 4.69) is 34.7 Å². The van der Waals surface area contributed by atoms with Crippen molar-refractivity contribution in [2.75, 3.05) is 11.2 Å². The van der Waals surface area contributed by atoms with E-state index in [1.54, 1.807) is 4.68 Å². The maximum atomic E-state index is 5.84. The molecule has 0 aliphatic rings. The van der Waals surface area contributed by atoms with Crippen LogP contribution in [0.15, 0.2) is 30.3 Å². The molecular formula is C13H18ClN5. The Morgan fingerprint density at radius 3 is 2.63 bits per heavy atom. The van der Waals surface area contributed by atoms with Gasteiger partial charge in [0.15, 0.2) is 0 Å². The van der Waals surface area contributed by atoms with E-state index in [1.807, 2.05) is 30.3 Å². The van der Waals surface area contributed by atoms with Gasteiger partial charge in [0.25, 0.3) is 0 Å². The maximum Gasteiger partial charge on any atom is 0.247 e. The Balaban J connectivity index is 2.20. The van der Waals surface area contributed by atoms with Crippen molar-refractivity contribution in [1.29, 1.82) is 0 Å². The number of hydrogen-bond acceptors (Lipinski definition) is 4. The Morgan fingerprint density at radius 2 is 2.00 bits per heavy atom. The minimum Gasteiger partial charge on any atom is -0.350 e. The average molecular weight is 280 g/mol. The molecule has 1 N–H and O–H groups in total. The van der Waals surface area contributed by atoms with Crippen molar-refractivity contribution >= 4 is 17.5 Å². The smallest absolute Gasteiger partial charge is 0.247 e. The van der Waals surface area contributed by atoms with Gasteiger partial charge in [-0.3, -0.25) is 0 Å². The lowest BCUT2D eigenvalue weighted by Gasteiger charge is -2.21. The molecule has 19 heavy (non-hydrogen) atoms. The molecule has 0 saturated carbocycles. The number of nitrogens with one attached hydrogen (secondary N) is 1. The standard InChI is InChI=1S/C13H18ClN5/c1-10(2)12(8-9-14)15-13-16-17-18-19(13)11-6-4-3-5-7-11/h3-7,10,12H,8-9H2,1-2H3,(H,15,16,18). The van der Waals surface area contributed by atoms with Crippen LogP contribution < -0.4 is 5.32 Å². The molecule has 0 spiro atoms. The van der Waals surface area contributed by atoms with Crippen LogP contribution in [0.4, 0.5) is 5.95 Å². The van der Waals surface area contributed by atoms with Crippen LogP contribution in [0.2, 0.25) is 0 Å². The number of rotatable bonds is 6. The summed E-state index contributed by atoms with van der Waals surface area (Å²) in [5, 5.41) is 15.2. The van der Waals surface area contributed by atoms with Crippen molar-refractivity contribution < 1.29 is 0 Å². The van der Waals surface area contributed by atoms with Gasteiger partial charge in [-0.25, -0.2) is 0 Å². The van der Waals surface area contributed by atoms with Crippen LogP contribution in [0.25, 0.3) is 5.69 Å². The molecule has 0 fully saturated rings. The van der Waals surface area contributed by atoms with Crippen molar-refractivity contribution in [2.45, 2.75) is 26.3 Å². The van der Waals surface area contributed by atoms with E-state index in [1.165, 1.54) is 0 Å². The number of hydrogen-bond donors (Lipinski definition) is 1. The van der Waals surface area contributed by atoms with E-state index in [9.17, 15) is 0 Å². The number of para-hydroxylation sites is 1. The van der Waals surface area contributed by atoms with E-state index in [0.717, 1.165) is 12.1 Å². The molecule has 2 aromatic rings. The normalized spacial score (nSPS) is 12.6. The van der Waals surface area contributed by atoms with Gasteiger partial charge >= 0.3 is 0 Å². The van der Waals surface area contributed by atoms with Crippen LogP contribution >= 0.6 is 11.6 Å². The highest BCUT2D eigenvalue weighted by Gasteiger charge is 2.16. The minimum absolute atomic E-state index is 0.256. The lowest BCUT2D eigenvalue weighted by Crippen LogP contribution is -2.27. The Bertz CT molecular complexity index is 497. The molecule has 2 rings (SSSR count). The molecular weight excluding hydrogens is 262 g/mol. The first-order valence-electron chi connectivity index (χ1n) is 6.38. The first-order valence-corrected chi connectivity index (χ1v) is 6.92. The van der Waals surface area contributed by atoms with Crippen LogP contribution in [0, 0.1) is 5.92 Å². The number of tetrazole rings is 1. The van der Waals surface area contributed by atoms with Gasteiger partial charge in [0.05, 0.1) is 5.69 Å². The quantitative estimate of drug-likeness (QED) is 0.826. The summed E-state index contributed by atoms with van der Waals surface area (Å²) < 4.78 is 1.70. The monoisotopic (exact) mass is 279 g/mol. The zero-order valence-corrected chi connectivity index (χ0v) is 11.9. The second-order valence-corrected chi connectivity index (χ2v) is 5.10. The van der Waals surface area contributed by atoms with Crippen LogP contribution in [0.5, 0.6) is 0 Å². The minimum atomic E-state index is 0.256. The second kappa shape index (κ2) is 6.52. The number of benzene rings is 1. The summed E-state index contributed by atoms with van der Waals surface area (Å²) in [7, 11) is 0. The number of aromatic nitrogens is 4. The van der Waals surface area contributed by atoms with Gasteiger partial charge < -0.3 is 5.32 Å². The van der Waals surface area contributed by atoms with E-state index >= 15 is 0 Å². The predicted molar refractivity (Wildman–Crippen MR) is 76.7 cm³/mol. The molecule has 0 bridgehead atoms. The molecule has 6 heteroatoms. The van der Waals surface area contributed by atoms with E-state index in [0.29, 0.717) is 17.7 Å². The molecule has 1 unspecified atom stereocenters. The van der Waals surface area contributed by atoms with Gasteiger partial charge in [-0.05, 0) is 34.9 Å². The van der Waals surface area contributed by atoms with Gasteiger partial charge in [-0.1, -0.05) is 37.1 Å². The van der Waals surface area contributed by atoms with Crippen LogP contribution in [-0.2, 0) is 0 Å². The molecule has 0 radical (unpaired) electrons. The van der Waals surface area contributed by atoms with Crippen molar-refractivity contribution in [2.24, 2.45) is 5.92 Å². The molecule has 0 aliphatic carbocycles. The van der Waals surface area contributed by atoms with E-state index in [-0.39, 0.29) is 6.04 Å². The molecule has 5 nitrogen and oxygen atoms in total. The maximum absolute atomic E-state index is 5.84. The fraction of sp³-hybridized carbons (Fsp3) is 0.462. The Hall–Kier alpha value is -1.62. The highest BCUT2D eigenvalue weighted by molar-refractivity contribution is 6.17. The molecule has 102 valence electrons. The van der Waals surface area contributed by atoms with Gasteiger partial charge in [0.1, 0.15) is 0 Å². The summed E-state index contributed by atoms with van der Waals surface area (Å²) in [5.74, 6) is 1.72. The lowest BCUT2D eigenvalue weighted by molar-refractivity contribution is 0.508. The number of nitrogens with zero attached hydrogens (tertiary/aromatic N) is 4. The van der Waals surface area contributed by atoms with Gasteiger partial charge in [0.2, 0.25) is 5.95 Å². The van der Waals surface area contributed by atoms with Crippen LogP contribution in [0.3, 0.4) is 0 Å². The summed E-state index contributed by atoms with van der Waals surface area (Å²) >= 11 is 5.84. The first kappa shape index (κ1) is 13.8. The Labute approximate surface area is 118 Å². The number of alkyl halides is 1. The zero-order valence-electron chi connectivity index (χ0n) is 11.1. The van der Waals surface area contributed by atoms with Gasteiger partial charge in [0, 0.05) is 11.9 Å². The van der Waals surface area contributed by atoms with Crippen molar-refractivity contribution in [3.63, 3.8) is 0 Å². The lowest BCUT2D eigenvalue weighted by atomic mass is 10.0. The molecule has 1 aromatic carbocycles. The summed E-state index contributed by atoms with van der Waals surface area (Å²) in [5.41, 5.74) is 0.934. The molecule has 0 saturated heterocycles. The van der Waals surface area contributed by atoms with Gasteiger partial charge in [-0.2, -0.15) is 4.68 Å². The molecule has 0 amide bonds. The van der Waals surface area contributed by atoms with E-state index in [4.69, 9.17) is 11.6 Å². The summed E-state index contributed by atoms with van der Waals surface area (Å²) in [6.07, 6.45) is 0.876. The van der Waals surface area contributed by atoms with Crippen LogP contribution in [0.1, 0.15) is 20.3 Å². The van der Waals surface area contributed by atoms with Crippen LogP contribution in [-0.4, -0.2) is 32.1 Å². The highest BCUT2D eigenvalue weighted by atomic mass is 35.5. The third-order valence-electron chi connectivity index (χ3n) is 3.01. The second-order valence-electron chi connectivity index (χ2n) is 4.72. The Morgan fingerprint density at radius 1 is 1.26 bits per heavy atom. The summed E-state index contributed by atoms with van der Waals surface area (Å²) in [4.78, 5) is 0. The summed E-state index contributed by atoms with van der Waals surface area (Å²) in [6.45, 7) is 4.31. The van der Waals surface area contributed by atoms with Gasteiger partial charge in [-0.15, -0.1) is 11.6 Å². The first-order chi connectivity index (χ1) is 9.22. The summed E-state index contributed by atoms with van der Waals surface area (Å²) in [6, 6.07) is 10.1. The number of halogens is 1. The fourth-order valence-electron chi connectivity index (χ4n) is 1.88. The molecule has 0 aliphatic heterocycles. The average Bonchev–Trinajstić information content (AvgIpc) is 2.87. The van der Waals surface area contributed by atoms with Crippen molar-refractivity contribution in [3.8, 4) is 5.69 Å². The Kier molecular flexibility index (Phi) is 4.74. The third kappa shape index (κ3) is 3.44. The fourth-order valence-corrected chi connectivity index (χ4v) is 2.11. The largest absolute Gasteiger partial charge is 0.350 e. The topological polar surface area (TPSA) is 55.6 Å². The molecule has 1 aromatic heterocycles. The highest BCUT2D eigenvalue weighted by Crippen LogP contribution is 2.16. The molecule has 1 heterocycles. The SMILES string of the molecule is CC(C)C(CCCl)Nc1nnnn1-c1ccccc1.